The van der Waals surface area contributed by atoms with Gasteiger partial charge in [-0.15, -0.1) is 0 Å². The summed E-state index contributed by atoms with van der Waals surface area (Å²) in [6, 6.07) is 0.232. The first-order chi connectivity index (χ1) is 9.63. The van der Waals surface area contributed by atoms with Gasteiger partial charge >= 0.3 is 5.69 Å². The van der Waals surface area contributed by atoms with E-state index in [4.69, 9.17) is 0 Å². The van der Waals surface area contributed by atoms with Crippen molar-refractivity contribution in [2.75, 3.05) is 17.7 Å². The van der Waals surface area contributed by atoms with Crippen molar-refractivity contribution in [2.24, 2.45) is 5.92 Å². The first-order valence-electron chi connectivity index (χ1n) is 7.07. The Morgan fingerprint density at radius 1 is 1.25 bits per heavy atom. The molecular weight excluding hydrogens is 258 g/mol. The molecule has 2 unspecified atom stereocenters. The van der Waals surface area contributed by atoms with E-state index in [9.17, 15) is 10.1 Å². The number of nitrogens with one attached hydrogen (secondary N) is 2. The Morgan fingerprint density at radius 2 is 1.95 bits per heavy atom. The molecule has 110 valence electrons. The summed E-state index contributed by atoms with van der Waals surface area (Å²) in [4.78, 5) is 18.8. The van der Waals surface area contributed by atoms with E-state index in [0.29, 0.717) is 11.7 Å². The first kappa shape index (κ1) is 14.5. The van der Waals surface area contributed by atoms with Crippen LogP contribution in [0.2, 0.25) is 0 Å². The molecule has 1 aliphatic rings. The van der Waals surface area contributed by atoms with Crippen LogP contribution >= 0.6 is 0 Å². The van der Waals surface area contributed by atoms with Crippen LogP contribution in [0, 0.1) is 16.0 Å². The van der Waals surface area contributed by atoms with Gasteiger partial charge in [-0.3, -0.25) is 10.1 Å². The maximum absolute atomic E-state index is 11.2. The molecule has 7 nitrogen and oxygen atoms in total. The molecular formula is C13H21N5O2. The van der Waals surface area contributed by atoms with Crippen LogP contribution in [-0.4, -0.2) is 28.0 Å². The fourth-order valence-corrected chi connectivity index (χ4v) is 2.72. The lowest BCUT2D eigenvalue weighted by atomic mass is 9.97. The second-order valence-corrected chi connectivity index (χ2v) is 5.29. The SMILES string of the molecule is CNc1ncnc(NC2CCCCCC2C)c1[N+](=O)[O-]. The Hall–Kier alpha value is -1.92. The molecule has 0 aromatic carbocycles. The zero-order chi connectivity index (χ0) is 14.5. The van der Waals surface area contributed by atoms with E-state index < -0.39 is 4.92 Å². The fourth-order valence-electron chi connectivity index (χ4n) is 2.72. The van der Waals surface area contributed by atoms with Gasteiger partial charge in [-0.2, -0.15) is 0 Å². The third-order valence-electron chi connectivity index (χ3n) is 3.93. The van der Waals surface area contributed by atoms with Gasteiger partial charge in [-0.1, -0.05) is 26.2 Å². The van der Waals surface area contributed by atoms with Crippen molar-refractivity contribution in [1.82, 2.24) is 9.97 Å². The van der Waals surface area contributed by atoms with Crippen molar-refractivity contribution < 1.29 is 4.92 Å². The van der Waals surface area contributed by atoms with Gasteiger partial charge in [0.1, 0.15) is 6.33 Å². The number of rotatable bonds is 4. The summed E-state index contributed by atoms with van der Waals surface area (Å²) in [5, 5.41) is 17.2. The predicted molar refractivity (Wildman–Crippen MR) is 77.9 cm³/mol. The van der Waals surface area contributed by atoms with Crippen molar-refractivity contribution >= 4 is 17.3 Å². The lowest BCUT2D eigenvalue weighted by molar-refractivity contribution is -0.383. The Bertz CT molecular complexity index is 480. The highest BCUT2D eigenvalue weighted by atomic mass is 16.6. The van der Waals surface area contributed by atoms with Crippen LogP contribution in [-0.2, 0) is 0 Å². The monoisotopic (exact) mass is 279 g/mol. The Kier molecular flexibility index (Phi) is 4.70. The van der Waals surface area contributed by atoms with Crippen molar-refractivity contribution in [2.45, 2.75) is 45.1 Å². The average molecular weight is 279 g/mol. The zero-order valence-electron chi connectivity index (χ0n) is 11.9. The second kappa shape index (κ2) is 6.49. The van der Waals surface area contributed by atoms with Crippen LogP contribution in [0.3, 0.4) is 0 Å². The minimum absolute atomic E-state index is 0.0774. The molecule has 0 bridgehead atoms. The Labute approximate surface area is 118 Å². The van der Waals surface area contributed by atoms with Crippen LogP contribution in [0.5, 0.6) is 0 Å². The van der Waals surface area contributed by atoms with Gasteiger partial charge < -0.3 is 10.6 Å². The fraction of sp³-hybridized carbons (Fsp3) is 0.692. The quantitative estimate of drug-likeness (QED) is 0.500. The second-order valence-electron chi connectivity index (χ2n) is 5.29. The van der Waals surface area contributed by atoms with E-state index in [2.05, 4.69) is 27.5 Å². The van der Waals surface area contributed by atoms with E-state index >= 15 is 0 Å². The van der Waals surface area contributed by atoms with Gasteiger partial charge in [-0.05, 0) is 18.8 Å². The normalized spacial score (nSPS) is 22.9. The maximum Gasteiger partial charge on any atom is 0.353 e. The van der Waals surface area contributed by atoms with Crippen LogP contribution in [0.1, 0.15) is 39.0 Å². The van der Waals surface area contributed by atoms with Gasteiger partial charge in [0.2, 0.25) is 11.6 Å². The van der Waals surface area contributed by atoms with Gasteiger partial charge in [0.15, 0.2) is 0 Å². The Balaban J connectivity index is 2.25. The molecule has 1 aromatic heterocycles. The van der Waals surface area contributed by atoms with Gasteiger partial charge in [-0.25, -0.2) is 9.97 Å². The number of aromatic nitrogens is 2. The summed E-state index contributed by atoms with van der Waals surface area (Å²) in [7, 11) is 1.62. The molecule has 0 amide bonds. The standard InChI is InChI=1S/C13H21N5O2/c1-9-6-4-3-5-7-10(9)17-13-11(18(19)20)12(14-2)15-8-16-13/h8-10H,3-7H2,1-2H3,(H2,14,15,16,17). The molecule has 0 radical (unpaired) electrons. The van der Waals surface area contributed by atoms with E-state index in [1.807, 2.05) is 0 Å². The molecule has 7 heteroatoms. The van der Waals surface area contributed by atoms with Gasteiger partial charge in [0, 0.05) is 13.1 Å². The largest absolute Gasteiger partial charge is 0.367 e. The number of anilines is 2. The van der Waals surface area contributed by atoms with Crippen LogP contribution in [0.4, 0.5) is 17.3 Å². The molecule has 1 aliphatic carbocycles. The van der Waals surface area contributed by atoms with E-state index in [1.54, 1.807) is 7.05 Å². The summed E-state index contributed by atoms with van der Waals surface area (Å²) in [5.41, 5.74) is -0.0774. The van der Waals surface area contributed by atoms with Crippen LogP contribution in [0.15, 0.2) is 6.33 Å². The van der Waals surface area contributed by atoms with E-state index in [-0.39, 0.29) is 17.5 Å². The number of nitro groups is 1. The highest BCUT2D eigenvalue weighted by molar-refractivity contribution is 5.69. The zero-order valence-corrected chi connectivity index (χ0v) is 11.9. The summed E-state index contributed by atoms with van der Waals surface area (Å²) >= 11 is 0. The lowest BCUT2D eigenvalue weighted by Gasteiger charge is -2.23. The third kappa shape index (κ3) is 3.15. The van der Waals surface area contributed by atoms with Crippen molar-refractivity contribution in [3.8, 4) is 0 Å². The summed E-state index contributed by atoms with van der Waals surface area (Å²) in [5.74, 6) is 1.05. The summed E-state index contributed by atoms with van der Waals surface area (Å²) in [6.07, 6.45) is 7.14. The molecule has 1 aromatic rings. The lowest BCUT2D eigenvalue weighted by Crippen LogP contribution is -2.27. The van der Waals surface area contributed by atoms with Crippen molar-refractivity contribution in [1.29, 1.82) is 0 Å². The number of hydrogen-bond donors (Lipinski definition) is 2. The van der Waals surface area contributed by atoms with Gasteiger partial charge in [0.25, 0.3) is 0 Å². The molecule has 1 fully saturated rings. The topological polar surface area (TPSA) is 93.0 Å². The predicted octanol–water partition coefficient (Wildman–Crippen LogP) is 2.81. The number of hydrogen-bond acceptors (Lipinski definition) is 6. The van der Waals surface area contributed by atoms with Crippen molar-refractivity contribution in [3.63, 3.8) is 0 Å². The minimum atomic E-state index is -0.435. The van der Waals surface area contributed by atoms with Crippen LogP contribution < -0.4 is 10.6 Å². The summed E-state index contributed by atoms with van der Waals surface area (Å²) in [6.45, 7) is 2.19. The molecule has 2 rings (SSSR count). The smallest absolute Gasteiger partial charge is 0.353 e. The average Bonchev–Trinajstić information content (AvgIpc) is 2.63. The third-order valence-corrected chi connectivity index (χ3v) is 3.93. The molecule has 20 heavy (non-hydrogen) atoms. The molecule has 2 N–H and O–H groups in total. The molecule has 1 saturated carbocycles. The van der Waals surface area contributed by atoms with Gasteiger partial charge in [0.05, 0.1) is 4.92 Å². The molecule has 2 atom stereocenters. The van der Waals surface area contributed by atoms with Crippen LogP contribution in [0.25, 0.3) is 0 Å². The molecule has 0 saturated heterocycles. The highest BCUT2D eigenvalue weighted by Gasteiger charge is 2.26. The molecule has 0 aliphatic heterocycles. The molecule has 0 spiro atoms. The number of nitrogens with zero attached hydrogens (tertiary/aromatic N) is 3. The highest BCUT2D eigenvalue weighted by Crippen LogP contribution is 2.32. The van der Waals surface area contributed by atoms with E-state index in [0.717, 1.165) is 19.3 Å². The molecule has 1 heterocycles. The van der Waals surface area contributed by atoms with E-state index in [1.165, 1.54) is 19.2 Å². The maximum atomic E-state index is 11.2. The summed E-state index contributed by atoms with van der Waals surface area (Å²) < 4.78 is 0. The Morgan fingerprint density at radius 3 is 2.65 bits per heavy atom. The first-order valence-corrected chi connectivity index (χ1v) is 7.07. The van der Waals surface area contributed by atoms with Crippen molar-refractivity contribution in [3.05, 3.63) is 16.4 Å². The minimum Gasteiger partial charge on any atom is -0.367 e.